The van der Waals surface area contributed by atoms with Crippen LogP contribution in [0.5, 0.6) is 0 Å². The van der Waals surface area contributed by atoms with Crippen molar-refractivity contribution in [3.8, 4) is 10.4 Å². The Morgan fingerprint density at radius 1 is 1.24 bits per heavy atom. The van der Waals surface area contributed by atoms with Gasteiger partial charge in [0.05, 0.1) is 0 Å². The van der Waals surface area contributed by atoms with Gasteiger partial charge >= 0.3 is 0 Å². The van der Waals surface area contributed by atoms with Gasteiger partial charge in [-0.15, -0.1) is 11.3 Å². The van der Waals surface area contributed by atoms with E-state index >= 15 is 0 Å². The van der Waals surface area contributed by atoms with Gasteiger partial charge in [0.2, 0.25) is 0 Å². The second-order valence-electron chi connectivity index (χ2n) is 3.81. The van der Waals surface area contributed by atoms with Crippen LogP contribution in [-0.2, 0) is 0 Å². The number of rotatable bonds is 4. The molecule has 0 saturated heterocycles. The Morgan fingerprint density at radius 3 is 2.59 bits per heavy atom. The van der Waals surface area contributed by atoms with E-state index in [1.807, 2.05) is 37.3 Å². The number of amides is 1. The van der Waals surface area contributed by atoms with Gasteiger partial charge in [-0.1, -0.05) is 25.1 Å². The van der Waals surface area contributed by atoms with Crippen LogP contribution in [0.4, 0.5) is 0 Å². The third-order valence-corrected chi connectivity index (χ3v) is 3.41. The summed E-state index contributed by atoms with van der Waals surface area (Å²) in [5.41, 5.74) is 1.88. The Balaban J connectivity index is 2.10. The molecule has 2 aromatic rings. The molecule has 88 valence electrons. The van der Waals surface area contributed by atoms with Gasteiger partial charge in [0.15, 0.2) is 0 Å². The van der Waals surface area contributed by atoms with E-state index in [4.69, 9.17) is 0 Å². The molecule has 0 aliphatic heterocycles. The van der Waals surface area contributed by atoms with Crippen LogP contribution in [-0.4, -0.2) is 12.5 Å². The summed E-state index contributed by atoms with van der Waals surface area (Å²) in [6, 6.07) is 11.8. The topological polar surface area (TPSA) is 29.1 Å². The van der Waals surface area contributed by atoms with Crippen LogP contribution in [0.3, 0.4) is 0 Å². The van der Waals surface area contributed by atoms with Crippen molar-refractivity contribution in [1.29, 1.82) is 0 Å². The molecule has 0 spiro atoms. The number of thiophene rings is 1. The molecule has 0 aliphatic rings. The molecule has 0 atom stereocenters. The van der Waals surface area contributed by atoms with E-state index in [2.05, 4.69) is 16.8 Å². The van der Waals surface area contributed by atoms with Gasteiger partial charge < -0.3 is 5.32 Å². The van der Waals surface area contributed by atoms with Crippen molar-refractivity contribution >= 4 is 17.2 Å². The predicted molar refractivity (Wildman–Crippen MR) is 72.4 cm³/mol. The van der Waals surface area contributed by atoms with Crippen molar-refractivity contribution in [3.05, 3.63) is 47.3 Å². The largest absolute Gasteiger partial charge is 0.352 e. The monoisotopic (exact) mass is 245 g/mol. The zero-order valence-electron chi connectivity index (χ0n) is 9.77. The Morgan fingerprint density at radius 2 is 2.00 bits per heavy atom. The molecule has 1 amide bonds. The number of hydrogen-bond acceptors (Lipinski definition) is 2. The number of benzene rings is 1. The fourth-order valence-corrected chi connectivity index (χ4v) is 2.30. The van der Waals surface area contributed by atoms with Crippen molar-refractivity contribution in [2.75, 3.05) is 6.54 Å². The van der Waals surface area contributed by atoms with Crippen LogP contribution in [0.15, 0.2) is 41.8 Å². The molecule has 0 bridgehead atoms. The van der Waals surface area contributed by atoms with E-state index in [9.17, 15) is 4.79 Å². The van der Waals surface area contributed by atoms with Crippen molar-refractivity contribution < 1.29 is 4.79 Å². The van der Waals surface area contributed by atoms with Crippen LogP contribution >= 0.6 is 11.3 Å². The van der Waals surface area contributed by atoms with Crippen LogP contribution < -0.4 is 5.32 Å². The van der Waals surface area contributed by atoms with E-state index in [0.29, 0.717) is 0 Å². The van der Waals surface area contributed by atoms with Gasteiger partial charge in [-0.2, -0.15) is 0 Å². The molecular formula is C14H15NOS. The molecule has 1 heterocycles. The molecule has 2 nitrogen and oxygen atoms in total. The number of hydrogen-bond donors (Lipinski definition) is 1. The maximum absolute atomic E-state index is 11.7. The highest BCUT2D eigenvalue weighted by Gasteiger charge is 2.04. The predicted octanol–water partition coefficient (Wildman–Crippen LogP) is 3.55. The minimum absolute atomic E-state index is 0.00424. The highest BCUT2D eigenvalue weighted by molar-refractivity contribution is 7.13. The summed E-state index contributed by atoms with van der Waals surface area (Å²) in [6.07, 6.45) is 0.957. The van der Waals surface area contributed by atoms with E-state index in [1.165, 1.54) is 4.88 Å². The lowest BCUT2D eigenvalue weighted by Gasteiger charge is -2.04. The third kappa shape index (κ3) is 2.94. The average Bonchev–Trinajstić information content (AvgIpc) is 2.90. The fraction of sp³-hybridized carbons (Fsp3) is 0.214. The SMILES string of the molecule is CCCNC(=O)c1ccc(-c2cccs2)cc1. The lowest BCUT2D eigenvalue weighted by Crippen LogP contribution is -2.23. The normalized spacial score (nSPS) is 10.2. The zero-order valence-corrected chi connectivity index (χ0v) is 10.6. The highest BCUT2D eigenvalue weighted by Crippen LogP contribution is 2.24. The second kappa shape index (κ2) is 5.64. The lowest BCUT2D eigenvalue weighted by molar-refractivity contribution is 0.0953. The molecule has 2 rings (SSSR count). The molecule has 3 heteroatoms. The number of carbonyl (C=O) groups excluding carboxylic acids is 1. The van der Waals surface area contributed by atoms with Crippen LogP contribution in [0.1, 0.15) is 23.7 Å². The minimum Gasteiger partial charge on any atom is -0.352 e. The molecular weight excluding hydrogens is 230 g/mol. The molecule has 0 aliphatic carbocycles. The van der Waals surface area contributed by atoms with Crippen LogP contribution in [0.2, 0.25) is 0 Å². The summed E-state index contributed by atoms with van der Waals surface area (Å²) in [5, 5.41) is 4.92. The molecule has 0 saturated carbocycles. The highest BCUT2D eigenvalue weighted by atomic mass is 32.1. The Hall–Kier alpha value is -1.61. The summed E-state index contributed by atoms with van der Waals surface area (Å²) in [4.78, 5) is 12.9. The molecule has 1 aromatic carbocycles. The third-order valence-electron chi connectivity index (χ3n) is 2.49. The van der Waals surface area contributed by atoms with Gasteiger partial charge in [0, 0.05) is 17.0 Å². The van der Waals surface area contributed by atoms with Crippen molar-refractivity contribution in [3.63, 3.8) is 0 Å². The maximum Gasteiger partial charge on any atom is 0.251 e. The Bertz CT molecular complexity index is 473. The van der Waals surface area contributed by atoms with E-state index in [1.54, 1.807) is 11.3 Å². The van der Waals surface area contributed by atoms with Gasteiger partial charge in [-0.25, -0.2) is 0 Å². The van der Waals surface area contributed by atoms with Crippen LogP contribution in [0.25, 0.3) is 10.4 Å². The van der Waals surface area contributed by atoms with E-state index < -0.39 is 0 Å². The summed E-state index contributed by atoms with van der Waals surface area (Å²) < 4.78 is 0. The summed E-state index contributed by atoms with van der Waals surface area (Å²) in [7, 11) is 0. The molecule has 0 unspecified atom stereocenters. The minimum atomic E-state index is 0.00424. The van der Waals surface area contributed by atoms with Gasteiger partial charge in [-0.05, 0) is 35.6 Å². The number of nitrogens with one attached hydrogen (secondary N) is 1. The molecule has 0 radical (unpaired) electrons. The average molecular weight is 245 g/mol. The van der Waals surface area contributed by atoms with Crippen molar-refractivity contribution in [2.24, 2.45) is 0 Å². The molecule has 17 heavy (non-hydrogen) atoms. The first-order valence-electron chi connectivity index (χ1n) is 5.73. The van der Waals surface area contributed by atoms with Gasteiger partial charge in [0.25, 0.3) is 5.91 Å². The quantitative estimate of drug-likeness (QED) is 0.876. The summed E-state index contributed by atoms with van der Waals surface area (Å²) in [6.45, 7) is 2.77. The standard InChI is InChI=1S/C14H15NOS/c1-2-9-15-14(16)12-7-5-11(6-8-12)13-4-3-10-17-13/h3-8,10H,2,9H2,1H3,(H,15,16). The summed E-state index contributed by atoms with van der Waals surface area (Å²) in [5.74, 6) is 0.00424. The maximum atomic E-state index is 11.7. The zero-order chi connectivity index (χ0) is 12.1. The van der Waals surface area contributed by atoms with Crippen molar-refractivity contribution in [2.45, 2.75) is 13.3 Å². The molecule has 0 fully saturated rings. The van der Waals surface area contributed by atoms with Gasteiger partial charge in [0.1, 0.15) is 0 Å². The smallest absolute Gasteiger partial charge is 0.251 e. The first-order chi connectivity index (χ1) is 8.31. The van der Waals surface area contributed by atoms with E-state index in [-0.39, 0.29) is 5.91 Å². The Labute approximate surface area is 105 Å². The fourth-order valence-electron chi connectivity index (χ4n) is 1.57. The Kier molecular flexibility index (Phi) is 3.94. The van der Waals surface area contributed by atoms with Crippen molar-refractivity contribution in [1.82, 2.24) is 5.32 Å². The lowest BCUT2D eigenvalue weighted by atomic mass is 10.1. The van der Waals surface area contributed by atoms with Crippen LogP contribution in [0, 0.1) is 0 Å². The second-order valence-corrected chi connectivity index (χ2v) is 4.76. The summed E-state index contributed by atoms with van der Waals surface area (Å²) >= 11 is 1.70. The molecule has 1 N–H and O–H groups in total. The number of carbonyl (C=O) groups is 1. The van der Waals surface area contributed by atoms with E-state index in [0.717, 1.165) is 24.1 Å². The first-order valence-corrected chi connectivity index (χ1v) is 6.61. The van der Waals surface area contributed by atoms with Gasteiger partial charge in [-0.3, -0.25) is 4.79 Å². The first kappa shape index (κ1) is 11.9. The molecule has 1 aromatic heterocycles.